The largest absolute Gasteiger partial charge is 0.481 e. The number of anilines is 1. The van der Waals surface area contributed by atoms with Gasteiger partial charge in [0.05, 0.1) is 11.8 Å². The van der Waals surface area contributed by atoms with E-state index in [9.17, 15) is 19.5 Å². The summed E-state index contributed by atoms with van der Waals surface area (Å²) in [6.45, 7) is 5.49. The van der Waals surface area contributed by atoms with E-state index in [2.05, 4.69) is 5.32 Å². The second kappa shape index (κ2) is 6.47. The minimum absolute atomic E-state index is 0.0209. The molecule has 0 aliphatic heterocycles. The van der Waals surface area contributed by atoms with Crippen LogP contribution in [-0.4, -0.2) is 22.8 Å². The zero-order valence-corrected chi connectivity index (χ0v) is 14.7. The molecule has 2 aliphatic carbocycles. The highest BCUT2D eigenvalue weighted by molar-refractivity contribution is 5.98. The number of carboxylic acid groups (broad SMARTS) is 1. The van der Waals surface area contributed by atoms with Gasteiger partial charge in [-0.1, -0.05) is 11.1 Å². The van der Waals surface area contributed by atoms with E-state index in [0.29, 0.717) is 11.3 Å². The Balaban J connectivity index is 1.84. The van der Waals surface area contributed by atoms with Gasteiger partial charge in [0.2, 0.25) is 5.91 Å². The van der Waals surface area contributed by atoms with Crippen LogP contribution in [0.1, 0.15) is 44.0 Å². The number of carboxylic acids is 1. The van der Waals surface area contributed by atoms with E-state index >= 15 is 0 Å². The van der Waals surface area contributed by atoms with Crippen LogP contribution >= 0.6 is 0 Å². The van der Waals surface area contributed by atoms with Crippen molar-refractivity contribution >= 4 is 23.3 Å². The highest BCUT2D eigenvalue weighted by Crippen LogP contribution is 2.57. The number of Topliss-reactive ketones (excluding diaryl/α,β-unsaturated/α-hetero) is 1. The van der Waals surface area contributed by atoms with Crippen molar-refractivity contribution in [2.75, 3.05) is 5.32 Å². The van der Waals surface area contributed by atoms with Gasteiger partial charge < -0.3 is 10.4 Å². The van der Waals surface area contributed by atoms with Crippen LogP contribution in [0.4, 0.5) is 5.69 Å². The molecule has 2 aliphatic rings. The van der Waals surface area contributed by atoms with Crippen molar-refractivity contribution in [2.45, 2.75) is 33.6 Å². The molecule has 3 rings (SSSR count). The minimum Gasteiger partial charge on any atom is -0.481 e. The predicted molar refractivity (Wildman–Crippen MR) is 94.3 cm³/mol. The van der Waals surface area contributed by atoms with E-state index < -0.39 is 17.8 Å². The summed E-state index contributed by atoms with van der Waals surface area (Å²) in [5.41, 5.74) is 3.47. The van der Waals surface area contributed by atoms with Crippen molar-refractivity contribution in [1.82, 2.24) is 0 Å². The third-order valence-corrected chi connectivity index (χ3v) is 5.57. The molecule has 0 spiro atoms. The third kappa shape index (κ3) is 2.99. The van der Waals surface area contributed by atoms with Crippen LogP contribution in [0.2, 0.25) is 0 Å². The number of amides is 1. The lowest BCUT2D eigenvalue weighted by Gasteiger charge is -2.26. The fourth-order valence-corrected chi connectivity index (χ4v) is 4.62. The Kier molecular flexibility index (Phi) is 4.50. The van der Waals surface area contributed by atoms with Crippen molar-refractivity contribution in [3.05, 3.63) is 41.0 Å². The second-order valence-electron chi connectivity index (χ2n) is 7.26. The molecule has 5 nitrogen and oxygen atoms in total. The van der Waals surface area contributed by atoms with Gasteiger partial charge in [-0.15, -0.1) is 0 Å². The van der Waals surface area contributed by atoms with Crippen molar-refractivity contribution in [3.63, 3.8) is 0 Å². The topological polar surface area (TPSA) is 83.5 Å². The lowest BCUT2D eigenvalue weighted by molar-refractivity contribution is -0.148. The molecule has 1 amide bonds. The van der Waals surface area contributed by atoms with Crippen molar-refractivity contribution in [3.8, 4) is 0 Å². The van der Waals surface area contributed by atoms with Gasteiger partial charge in [-0.2, -0.15) is 0 Å². The van der Waals surface area contributed by atoms with Crippen LogP contribution in [0.5, 0.6) is 0 Å². The summed E-state index contributed by atoms with van der Waals surface area (Å²) in [7, 11) is 0. The average molecular weight is 341 g/mol. The number of nitrogens with one attached hydrogen (secondary N) is 1. The summed E-state index contributed by atoms with van der Waals surface area (Å²) < 4.78 is 0. The molecule has 2 N–H and O–H groups in total. The quantitative estimate of drug-likeness (QED) is 0.648. The second-order valence-corrected chi connectivity index (χ2v) is 7.26. The summed E-state index contributed by atoms with van der Waals surface area (Å²) in [4.78, 5) is 36.0. The van der Waals surface area contributed by atoms with E-state index in [1.165, 1.54) is 12.5 Å². The molecule has 0 saturated heterocycles. The molecule has 5 heteroatoms. The van der Waals surface area contributed by atoms with Gasteiger partial charge in [0.25, 0.3) is 0 Å². The van der Waals surface area contributed by atoms with Crippen LogP contribution < -0.4 is 5.32 Å². The number of hydrogen-bond acceptors (Lipinski definition) is 3. The predicted octanol–water partition coefficient (Wildman–Crippen LogP) is 3.52. The molecule has 0 heterocycles. The Morgan fingerprint density at radius 3 is 2.00 bits per heavy atom. The number of carbonyl (C=O) groups is 3. The van der Waals surface area contributed by atoms with E-state index in [1.54, 1.807) is 24.3 Å². The van der Waals surface area contributed by atoms with Gasteiger partial charge in [-0.05, 0) is 69.7 Å². The molecule has 2 saturated carbocycles. The minimum atomic E-state index is -0.891. The van der Waals surface area contributed by atoms with Crippen molar-refractivity contribution in [2.24, 2.45) is 23.7 Å². The SMILES string of the molecule is CC(=O)c1ccc(NC(=O)[C@@H]2[C@@H](C(=O)O)[C@H]3CC[C@@H]2C3=C(C)C)cc1. The van der Waals surface area contributed by atoms with Gasteiger partial charge in [0.15, 0.2) is 5.78 Å². The summed E-state index contributed by atoms with van der Waals surface area (Å²) >= 11 is 0. The number of benzene rings is 1. The normalized spacial score (nSPS) is 27.2. The van der Waals surface area contributed by atoms with Crippen LogP contribution in [0.15, 0.2) is 35.4 Å². The molecule has 0 unspecified atom stereocenters. The van der Waals surface area contributed by atoms with Crippen LogP contribution in [-0.2, 0) is 9.59 Å². The first kappa shape index (κ1) is 17.4. The molecule has 2 bridgehead atoms. The zero-order chi connectivity index (χ0) is 18.3. The lowest BCUT2D eigenvalue weighted by Crippen LogP contribution is -2.37. The Bertz CT molecular complexity index is 758. The Hall–Kier alpha value is -2.43. The maximum absolute atomic E-state index is 12.8. The summed E-state index contributed by atoms with van der Waals surface area (Å²) in [6.07, 6.45) is 1.72. The van der Waals surface area contributed by atoms with Gasteiger partial charge in [-0.25, -0.2) is 0 Å². The maximum atomic E-state index is 12.8. The summed E-state index contributed by atoms with van der Waals surface area (Å²) in [5, 5.41) is 12.5. The third-order valence-electron chi connectivity index (χ3n) is 5.57. The van der Waals surface area contributed by atoms with Gasteiger partial charge in [0.1, 0.15) is 0 Å². The van der Waals surface area contributed by atoms with Crippen molar-refractivity contribution in [1.29, 1.82) is 0 Å². The molecule has 25 heavy (non-hydrogen) atoms. The summed E-state index contributed by atoms with van der Waals surface area (Å²) in [5.74, 6) is -2.36. The number of ketones is 1. The molecule has 4 atom stereocenters. The molecule has 0 radical (unpaired) electrons. The van der Waals surface area contributed by atoms with E-state index in [4.69, 9.17) is 0 Å². The van der Waals surface area contributed by atoms with Gasteiger partial charge in [-0.3, -0.25) is 14.4 Å². The zero-order valence-electron chi connectivity index (χ0n) is 14.7. The number of aliphatic carboxylic acids is 1. The van der Waals surface area contributed by atoms with Gasteiger partial charge >= 0.3 is 5.97 Å². The van der Waals surface area contributed by atoms with Gasteiger partial charge in [0, 0.05) is 11.3 Å². The molecule has 2 fully saturated rings. The first-order valence-electron chi connectivity index (χ1n) is 8.63. The highest BCUT2D eigenvalue weighted by Gasteiger charge is 2.57. The number of rotatable bonds is 4. The number of fused-ring (bicyclic) bond motifs is 2. The smallest absolute Gasteiger partial charge is 0.307 e. The fourth-order valence-electron chi connectivity index (χ4n) is 4.62. The Morgan fingerprint density at radius 2 is 1.52 bits per heavy atom. The molecule has 1 aromatic carbocycles. The molecular weight excluding hydrogens is 318 g/mol. The molecule has 0 aromatic heterocycles. The highest BCUT2D eigenvalue weighted by atomic mass is 16.4. The fraction of sp³-hybridized carbons (Fsp3) is 0.450. The van der Waals surface area contributed by atoms with Crippen LogP contribution in [0.3, 0.4) is 0 Å². The first-order valence-corrected chi connectivity index (χ1v) is 8.63. The monoisotopic (exact) mass is 341 g/mol. The van der Waals surface area contributed by atoms with E-state index in [-0.39, 0.29) is 23.5 Å². The van der Waals surface area contributed by atoms with Crippen molar-refractivity contribution < 1.29 is 19.5 Å². The lowest BCUT2D eigenvalue weighted by atomic mass is 9.78. The molecule has 132 valence electrons. The number of hydrogen-bond donors (Lipinski definition) is 2. The summed E-state index contributed by atoms with van der Waals surface area (Å²) in [6, 6.07) is 6.68. The van der Waals surface area contributed by atoms with E-state index in [0.717, 1.165) is 18.4 Å². The number of allylic oxidation sites excluding steroid dienone is 2. The molecule has 1 aromatic rings. The first-order chi connectivity index (χ1) is 11.8. The Morgan fingerprint density at radius 1 is 0.960 bits per heavy atom. The van der Waals surface area contributed by atoms with E-state index in [1.807, 2.05) is 13.8 Å². The van der Waals surface area contributed by atoms with Crippen LogP contribution in [0.25, 0.3) is 0 Å². The van der Waals surface area contributed by atoms with Crippen LogP contribution in [0, 0.1) is 23.7 Å². The molecular formula is C20H23NO4. The average Bonchev–Trinajstić information content (AvgIpc) is 3.11. The maximum Gasteiger partial charge on any atom is 0.307 e. The Labute approximate surface area is 147 Å². The standard InChI is InChI=1S/C20H23NO4/c1-10(2)16-14-8-9-15(16)18(20(24)25)17(14)19(23)21-13-6-4-12(5-7-13)11(3)22/h4-7,14-15,17-18H,8-9H2,1-3H3,(H,21,23)(H,24,25)/t14-,15+,17+,18+/m1/s1. The number of carbonyl (C=O) groups excluding carboxylic acids is 2.